The number of aromatic nitrogens is 5. The minimum absolute atomic E-state index is 0.266. The molecule has 0 unspecified atom stereocenters. The van der Waals surface area contributed by atoms with Crippen molar-refractivity contribution in [1.29, 1.82) is 0 Å². The fourth-order valence-electron chi connectivity index (χ4n) is 2.02. The van der Waals surface area contributed by atoms with Gasteiger partial charge in [-0.25, -0.2) is 8.78 Å². The molecule has 0 saturated heterocycles. The molecule has 2 aromatic heterocycles. The monoisotopic (exact) mass is 306 g/mol. The van der Waals surface area contributed by atoms with Crippen molar-refractivity contribution in [2.24, 2.45) is 0 Å². The summed E-state index contributed by atoms with van der Waals surface area (Å²) in [6, 6.07) is 6.10. The topological polar surface area (TPSA) is 88.2 Å². The van der Waals surface area contributed by atoms with Gasteiger partial charge in [0.15, 0.2) is 17.3 Å². The molecule has 3 rings (SSSR count). The van der Waals surface area contributed by atoms with Crippen LogP contribution in [0.25, 0.3) is 5.65 Å². The molecule has 3 aromatic rings. The van der Waals surface area contributed by atoms with Crippen molar-refractivity contribution in [3.63, 3.8) is 0 Å². The van der Waals surface area contributed by atoms with Crippen LogP contribution in [0.3, 0.4) is 0 Å². The summed E-state index contributed by atoms with van der Waals surface area (Å²) in [6.45, 7) is 1.69. The summed E-state index contributed by atoms with van der Waals surface area (Å²) in [7, 11) is 0. The molecule has 0 aliphatic rings. The quantitative estimate of drug-likeness (QED) is 0.756. The second-order valence-electron chi connectivity index (χ2n) is 4.80. The van der Waals surface area contributed by atoms with Crippen LogP contribution in [-0.4, -0.2) is 36.4 Å². The maximum atomic E-state index is 13.2. The van der Waals surface area contributed by atoms with Gasteiger partial charge in [-0.15, -0.1) is 14.8 Å². The van der Waals surface area contributed by atoms with E-state index in [1.807, 2.05) is 0 Å². The molecule has 0 aliphatic carbocycles. The van der Waals surface area contributed by atoms with Crippen LogP contribution in [0.2, 0.25) is 0 Å². The molecule has 7 nitrogen and oxygen atoms in total. The van der Waals surface area contributed by atoms with Crippen molar-refractivity contribution in [2.45, 2.75) is 19.1 Å². The Bertz CT molecular complexity index is 808. The van der Waals surface area contributed by atoms with Crippen LogP contribution in [0.1, 0.15) is 18.6 Å². The number of nitrogens with zero attached hydrogens (tertiary/aromatic N) is 5. The van der Waals surface area contributed by atoms with Gasteiger partial charge in [0.25, 0.3) is 0 Å². The Hall–Kier alpha value is -2.68. The summed E-state index contributed by atoms with van der Waals surface area (Å²) < 4.78 is 27.4. The molecule has 0 saturated carbocycles. The summed E-state index contributed by atoms with van der Waals surface area (Å²) in [5.41, 5.74) is 0.752. The number of benzene rings is 1. The highest BCUT2D eigenvalue weighted by Gasteiger charge is 2.18. The van der Waals surface area contributed by atoms with Gasteiger partial charge < -0.3 is 10.4 Å². The van der Waals surface area contributed by atoms with E-state index in [9.17, 15) is 13.9 Å². The summed E-state index contributed by atoms with van der Waals surface area (Å²) in [4.78, 5) is 0. The number of anilines is 1. The molecule has 9 heteroatoms. The minimum atomic E-state index is -1.04. The lowest BCUT2D eigenvalue weighted by Gasteiger charge is -2.21. The Morgan fingerprint density at radius 3 is 2.77 bits per heavy atom. The van der Waals surface area contributed by atoms with Gasteiger partial charge in [-0.2, -0.15) is 0 Å². The van der Waals surface area contributed by atoms with Gasteiger partial charge in [-0.3, -0.25) is 0 Å². The Kier molecular flexibility index (Phi) is 3.63. The van der Waals surface area contributed by atoms with Gasteiger partial charge in [0, 0.05) is 0 Å². The van der Waals surface area contributed by atoms with Crippen LogP contribution in [0.15, 0.2) is 30.3 Å². The molecular formula is C13H12F2N6O. The molecule has 114 valence electrons. The number of nitrogens with one attached hydrogen (secondary N) is 1. The third-order valence-electron chi connectivity index (χ3n) is 3.20. The number of halogens is 2. The Morgan fingerprint density at radius 2 is 2.00 bits per heavy atom. The zero-order valence-electron chi connectivity index (χ0n) is 11.5. The first-order valence-corrected chi connectivity index (χ1v) is 6.49. The summed E-state index contributed by atoms with van der Waals surface area (Å²) in [5.74, 6) is -1.52. The van der Waals surface area contributed by atoms with E-state index in [2.05, 4.69) is 25.9 Å². The summed E-state index contributed by atoms with van der Waals surface area (Å²) in [5, 5.41) is 28.1. The normalized spacial score (nSPS) is 14.0. The third-order valence-corrected chi connectivity index (χ3v) is 3.20. The highest BCUT2D eigenvalue weighted by molar-refractivity contribution is 5.43. The zero-order valence-corrected chi connectivity index (χ0v) is 11.5. The number of aliphatic hydroxyl groups is 1. The predicted octanol–water partition coefficient (Wildman–Crippen LogP) is 1.33. The molecule has 1 aromatic carbocycles. The van der Waals surface area contributed by atoms with Crippen molar-refractivity contribution in [3.05, 3.63) is 47.5 Å². The highest BCUT2D eigenvalue weighted by Crippen LogP contribution is 2.21. The number of tetrazole rings is 1. The first-order valence-electron chi connectivity index (χ1n) is 6.49. The minimum Gasteiger partial charge on any atom is -0.386 e. The number of hydrogen-bond donors (Lipinski definition) is 2. The summed E-state index contributed by atoms with van der Waals surface area (Å²) in [6.07, 6.45) is -1.04. The van der Waals surface area contributed by atoms with Crippen LogP contribution in [-0.2, 0) is 0 Å². The van der Waals surface area contributed by atoms with Gasteiger partial charge in [-0.05, 0) is 47.2 Å². The van der Waals surface area contributed by atoms with Crippen molar-refractivity contribution in [2.75, 3.05) is 5.32 Å². The second-order valence-corrected chi connectivity index (χ2v) is 4.80. The largest absolute Gasteiger partial charge is 0.386 e. The van der Waals surface area contributed by atoms with Crippen molar-refractivity contribution >= 4 is 11.5 Å². The van der Waals surface area contributed by atoms with Gasteiger partial charge in [-0.1, -0.05) is 6.07 Å². The lowest BCUT2D eigenvalue weighted by Crippen LogP contribution is -2.25. The van der Waals surface area contributed by atoms with Crippen LogP contribution >= 0.6 is 0 Å². The first kappa shape index (κ1) is 14.3. The standard InChI is InChI=1S/C13H12F2N6O/c1-7(13(22)8-2-3-9(14)10(15)6-8)16-11-4-5-12-17-19-20-21(12)18-11/h2-7,13,22H,1H3,(H,16,18)/t7-,13+/m1/s1. The molecule has 0 amide bonds. The van der Waals surface area contributed by atoms with Gasteiger partial charge in [0.05, 0.1) is 12.1 Å². The van der Waals surface area contributed by atoms with E-state index >= 15 is 0 Å². The number of hydrogen-bond acceptors (Lipinski definition) is 6. The SMILES string of the molecule is C[C@@H](Nc1ccc2nnnn2n1)[C@H](O)c1ccc(F)c(F)c1. The maximum absolute atomic E-state index is 13.2. The summed E-state index contributed by atoms with van der Waals surface area (Å²) >= 11 is 0. The number of rotatable bonds is 4. The van der Waals surface area contributed by atoms with Gasteiger partial charge in [0.2, 0.25) is 0 Å². The average Bonchev–Trinajstić information content (AvgIpc) is 2.97. The zero-order chi connectivity index (χ0) is 15.7. The molecule has 0 aliphatic heterocycles. The Morgan fingerprint density at radius 1 is 1.18 bits per heavy atom. The number of fused-ring (bicyclic) bond motifs is 1. The van der Waals surface area contributed by atoms with E-state index in [1.165, 1.54) is 10.7 Å². The predicted molar refractivity (Wildman–Crippen MR) is 73.0 cm³/mol. The molecular weight excluding hydrogens is 294 g/mol. The van der Waals surface area contributed by atoms with Crippen molar-refractivity contribution in [1.82, 2.24) is 25.3 Å². The van der Waals surface area contributed by atoms with Crippen LogP contribution in [0, 0.1) is 11.6 Å². The molecule has 2 atom stereocenters. The fraction of sp³-hybridized carbons (Fsp3) is 0.231. The van der Waals surface area contributed by atoms with Crippen molar-refractivity contribution in [3.8, 4) is 0 Å². The molecule has 22 heavy (non-hydrogen) atoms. The Labute approximate surface area is 123 Å². The average molecular weight is 306 g/mol. The van der Waals surface area contributed by atoms with Crippen LogP contribution in [0.4, 0.5) is 14.6 Å². The van der Waals surface area contributed by atoms with Crippen molar-refractivity contribution < 1.29 is 13.9 Å². The molecule has 0 fully saturated rings. The third kappa shape index (κ3) is 2.70. The van der Waals surface area contributed by atoms with E-state index in [-0.39, 0.29) is 5.56 Å². The van der Waals surface area contributed by atoms with Crippen LogP contribution < -0.4 is 5.32 Å². The van der Waals surface area contributed by atoms with E-state index in [0.29, 0.717) is 11.5 Å². The maximum Gasteiger partial charge on any atom is 0.200 e. The lowest BCUT2D eigenvalue weighted by molar-refractivity contribution is 0.160. The number of aliphatic hydroxyl groups excluding tert-OH is 1. The lowest BCUT2D eigenvalue weighted by atomic mass is 10.0. The molecule has 2 heterocycles. The molecule has 0 radical (unpaired) electrons. The van der Waals surface area contributed by atoms with Gasteiger partial charge >= 0.3 is 0 Å². The van der Waals surface area contributed by atoms with E-state index in [0.717, 1.165) is 12.1 Å². The molecule has 2 N–H and O–H groups in total. The molecule has 0 bridgehead atoms. The van der Waals surface area contributed by atoms with Crippen LogP contribution in [0.5, 0.6) is 0 Å². The Balaban J connectivity index is 1.77. The molecule has 0 spiro atoms. The first-order chi connectivity index (χ1) is 10.5. The highest BCUT2D eigenvalue weighted by atomic mass is 19.2. The van der Waals surface area contributed by atoms with Gasteiger partial charge in [0.1, 0.15) is 5.82 Å². The van der Waals surface area contributed by atoms with E-state index in [1.54, 1.807) is 19.1 Å². The van der Waals surface area contributed by atoms with E-state index < -0.39 is 23.8 Å². The second kappa shape index (κ2) is 5.60. The fourth-order valence-corrected chi connectivity index (χ4v) is 2.02. The van der Waals surface area contributed by atoms with E-state index in [4.69, 9.17) is 0 Å². The smallest absolute Gasteiger partial charge is 0.200 e.